The predicted molar refractivity (Wildman–Crippen MR) is 42.4 cm³/mol. The third-order valence-corrected chi connectivity index (χ3v) is 0.387. The second-order valence-corrected chi connectivity index (χ2v) is 1.91. The highest BCUT2D eigenvalue weighted by Gasteiger charge is 1.56. The van der Waals surface area contributed by atoms with E-state index < -0.39 is 0 Å². The first-order valence-corrected chi connectivity index (χ1v) is 3.51. The molecule has 0 saturated heterocycles. The molecule has 0 aromatic heterocycles. The van der Waals surface area contributed by atoms with Gasteiger partial charge in [0.2, 0.25) is 0 Å². The monoisotopic (exact) mass is 139 g/mol. The second kappa shape index (κ2) is 15.9. The van der Waals surface area contributed by atoms with Crippen LogP contribution in [0.4, 0.5) is 0 Å². The van der Waals surface area contributed by atoms with E-state index >= 15 is 0 Å². The first kappa shape index (κ1) is 10.6. The van der Waals surface area contributed by atoms with Crippen LogP contribution in [0.25, 0.3) is 0 Å². The largest absolute Gasteiger partial charge is 0.330 e. The summed E-state index contributed by atoms with van der Waals surface area (Å²) in [5.74, 6) is 1.74. The molecule has 0 heterocycles. The van der Waals surface area contributed by atoms with Gasteiger partial charge in [0.05, 0.1) is 0 Å². The molecular formula is C4H13NS2. The molecular weight excluding hydrogens is 126 g/mol. The molecule has 0 amide bonds. The molecule has 0 aliphatic rings. The maximum Gasteiger partial charge on any atom is 0.00255 e. The van der Waals surface area contributed by atoms with Gasteiger partial charge in [-0.3, -0.25) is 0 Å². The summed E-state index contributed by atoms with van der Waals surface area (Å²) in [6.07, 6.45) is 0. The summed E-state index contributed by atoms with van der Waals surface area (Å²) in [4.78, 5) is 0. The Morgan fingerprint density at radius 2 is 1.57 bits per heavy atom. The Labute approximate surface area is 56.5 Å². The summed E-state index contributed by atoms with van der Waals surface area (Å²) in [7, 11) is 0. The Balaban J connectivity index is 0. The molecule has 0 aliphatic carbocycles. The summed E-state index contributed by atoms with van der Waals surface area (Å²) >= 11 is 7.58. The van der Waals surface area contributed by atoms with Crippen LogP contribution in [0.15, 0.2) is 0 Å². The van der Waals surface area contributed by atoms with Crippen molar-refractivity contribution in [3.05, 3.63) is 0 Å². The van der Waals surface area contributed by atoms with Crippen molar-refractivity contribution in [1.82, 2.24) is 0 Å². The number of thiol groups is 2. The zero-order chi connectivity index (χ0) is 6.12. The summed E-state index contributed by atoms with van der Waals surface area (Å²) in [6.45, 7) is 2.67. The van der Waals surface area contributed by atoms with Gasteiger partial charge in [0.1, 0.15) is 0 Å². The van der Waals surface area contributed by atoms with E-state index in [1.165, 1.54) is 0 Å². The maximum absolute atomic E-state index is 4.95. The quantitative estimate of drug-likeness (QED) is 0.461. The van der Waals surface area contributed by atoms with Crippen molar-refractivity contribution >= 4 is 25.3 Å². The van der Waals surface area contributed by atoms with Gasteiger partial charge in [-0.15, -0.1) is 0 Å². The lowest BCUT2D eigenvalue weighted by atomic mass is 10.8. The maximum atomic E-state index is 4.95. The minimum Gasteiger partial charge on any atom is -0.330 e. The molecule has 0 aliphatic heterocycles. The van der Waals surface area contributed by atoms with Crippen LogP contribution >= 0.6 is 25.3 Å². The van der Waals surface area contributed by atoms with E-state index in [1.807, 2.05) is 6.92 Å². The van der Waals surface area contributed by atoms with E-state index in [0.29, 0.717) is 6.54 Å². The van der Waals surface area contributed by atoms with E-state index in [0.717, 1.165) is 11.5 Å². The zero-order valence-electron chi connectivity index (χ0n) is 4.59. The minimum absolute atomic E-state index is 0.684. The minimum atomic E-state index is 0.684. The van der Waals surface area contributed by atoms with Gasteiger partial charge in [-0.1, -0.05) is 6.92 Å². The Morgan fingerprint density at radius 1 is 1.43 bits per heavy atom. The number of rotatable bonds is 1. The number of hydrogen-bond acceptors (Lipinski definition) is 3. The van der Waals surface area contributed by atoms with Crippen LogP contribution in [0.1, 0.15) is 6.92 Å². The van der Waals surface area contributed by atoms with Crippen LogP contribution in [0.3, 0.4) is 0 Å². The standard InChI is InChI=1S/C2H7NS.C2H6S/c3-1-2-4;1-2-3/h4H,1-3H2;3H,2H2,1H3. The number of nitrogens with two attached hydrogens (primary N) is 1. The van der Waals surface area contributed by atoms with Crippen molar-refractivity contribution < 1.29 is 0 Å². The van der Waals surface area contributed by atoms with Crippen molar-refractivity contribution in [2.24, 2.45) is 5.73 Å². The van der Waals surface area contributed by atoms with Crippen LogP contribution < -0.4 is 5.73 Å². The molecule has 0 saturated carbocycles. The topological polar surface area (TPSA) is 26.0 Å². The lowest BCUT2D eigenvalue weighted by Gasteiger charge is -1.69. The van der Waals surface area contributed by atoms with E-state index in [9.17, 15) is 0 Å². The molecule has 7 heavy (non-hydrogen) atoms. The molecule has 0 rings (SSSR count). The molecule has 0 fully saturated rings. The van der Waals surface area contributed by atoms with Crippen LogP contribution in [-0.2, 0) is 0 Å². The van der Waals surface area contributed by atoms with Gasteiger partial charge in [-0.25, -0.2) is 0 Å². The fraction of sp³-hybridized carbons (Fsp3) is 1.00. The van der Waals surface area contributed by atoms with E-state index in [1.54, 1.807) is 0 Å². The lowest BCUT2D eigenvalue weighted by Crippen LogP contribution is -1.97. The normalized spacial score (nSPS) is 6.86. The molecule has 2 N–H and O–H groups in total. The van der Waals surface area contributed by atoms with Crippen molar-refractivity contribution in [3.8, 4) is 0 Å². The van der Waals surface area contributed by atoms with Crippen LogP contribution in [0.2, 0.25) is 0 Å². The molecule has 0 bridgehead atoms. The highest BCUT2D eigenvalue weighted by molar-refractivity contribution is 7.80. The van der Waals surface area contributed by atoms with Gasteiger partial charge < -0.3 is 5.73 Å². The predicted octanol–water partition coefficient (Wildman–Crippen LogP) is 0.811. The van der Waals surface area contributed by atoms with Gasteiger partial charge in [0.15, 0.2) is 0 Å². The van der Waals surface area contributed by atoms with Crippen LogP contribution in [-0.4, -0.2) is 18.1 Å². The third-order valence-electron chi connectivity index (χ3n) is 0.129. The second-order valence-electron chi connectivity index (χ2n) is 0.829. The summed E-state index contributed by atoms with van der Waals surface area (Å²) in [5.41, 5.74) is 4.95. The molecule has 0 spiro atoms. The van der Waals surface area contributed by atoms with Gasteiger partial charge in [0, 0.05) is 12.3 Å². The first-order valence-electron chi connectivity index (χ1n) is 2.25. The fourth-order valence-corrected chi connectivity index (χ4v) is 0. The average Bonchev–Trinajstić information content (AvgIpc) is 1.69. The molecule has 0 unspecified atom stereocenters. The first-order chi connectivity index (χ1) is 3.33. The molecule has 1 nitrogen and oxygen atoms in total. The summed E-state index contributed by atoms with van der Waals surface area (Å²) in [5, 5.41) is 0. The SMILES string of the molecule is CCS.NCCS. The van der Waals surface area contributed by atoms with Gasteiger partial charge in [-0.2, -0.15) is 25.3 Å². The van der Waals surface area contributed by atoms with Crippen LogP contribution in [0.5, 0.6) is 0 Å². The van der Waals surface area contributed by atoms with Crippen molar-refractivity contribution in [1.29, 1.82) is 0 Å². The van der Waals surface area contributed by atoms with Gasteiger partial charge in [0.25, 0.3) is 0 Å². The van der Waals surface area contributed by atoms with E-state index in [4.69, 9.17) is 5.73 Å². The van der Waals surface area contributed by atoms with Gasteiger partial charge in [-0.05, 0) is 5.75 Å². The van der Waals surface area contributed by atoms with E-state index in [2.05, 4.69) is 25.3 Å². The Morgan fingerprint density at radius 3 is 1.57 bits per heavy atom. The van der Waals surface area contributed by atoms with Crippen molar-refractivity contribution in [2.45, 2.75) is 6.92 Å². The van der Waals surface area contributed by atoms with E-state index in [-0.39, 0.29) is 0 Å². The van der Waals surface area contributed by atoms with Gasteiger partial charge >= 0.3 is 0 Å². The fourth-order valence-electron chi connectivity index (χ4n) is 0. The highest BCUT2D eigenvalue weighted by atomic mass is 32.1. The molecule has 0 aromatic rings. The number of hydrogen-bond donors (Lipinski definition) is 3. The van der Waals surface area contributed by atoms with Crippen molar-refractivity contribution in [2.75, 3.05) is 18.1 Å². The zero-order valence-corrected chi connectivity index (χ0v) is 6.38. The molecule has 3 heteroatoms. The Bertz CT molecular complexity index is 17.2. The Kier molecular flexibility index (Phi) is 24.1. The summed E-state index contributed by atoms with van der Waals surface area (Å²) < 4.78 is 0. The molecule has 0 atom stereocenters. The molecule has 0 radical (unpaired) electrons. The third kappa shape index (κ3) is 52.5. The van der Waals surface area contributed by atoms with Crippen LogP contribution in [0, 0.1) is 0 Å². The average molecular weight is 139 g/mol. The Hall–Kier alpha value is 0.660. The lowest BCUT2D eigenvalue weighted by molar-refractivity contribution is 1.16. The molecule has 46 valence electrons. The molecule has 0 aromatic carbocycles. The smallest absolute Gasteiger partial charge is 0.00255 e. The highest BCUT2D eigenvalue weighted by Crippen LogP contribution is 1.58. The van der Waals surface area contributed by atoms with Crippen molar-refractivity contribution in [3.63, 3.8) is 0 Å². The summed E-state index contributed by atoms with van der Waals surface area (Å²) in [6, 6.07) is 0.